The Kier molecular flexibility index (Phi) is 10.1. The summed E-state index contributed by atoms with van der Waals surface area (Å²) in [5.74, 6) is 1.66. The van der Waals surface area contributed by atoms with Gasteiger partial charge in [-0.3, -0.25) is 4.79 Å². The number of pyridine rings is 1. The van der Waals surface area contributed by atoms with Crippen molar-refractivity contribution < 1.29 is 9.53 Å². The van der Waals surface area contributed by atoms with Crippen LogP contribution in [0.1, 0.15) is 24.8 Å². The summed E-state index contributed by atoms with van der Waals surface area (Å²) in [6.07, 6.45) is 4.70. The van der Waals surface area contributed by atoms with E-state index in [-0.39, 0.29) is 30.7 Å². The van der Waals surface area contributed by atoms with Crippen molar-refractivity contribution in [1.82, 2.24) is 15.6 Å². The van der Waals surface area contributed by atoms with Crippen LogP contribution in [-0.2, 0) is 16.1 Å². The fourth-order valence-corrected chi connectivity index (χ4v) is 3.12. The van der Waals surface area contributed by atoms with Gasteiger partial charge < -0.3 is 20.3 Å². The van der Waals surface area contributed by atoms with Crippen molar-refractivity contribution in [3.63, 3.8) is 0 Å². The molecule has 0 aliphatic carbocycles. The quantitative estimate of drug-likeness (QED) is 0.801. The number of piperidine rings is 1. The van der Waals surface area contributed by atoms with Gasteiger partial charge in [0.05, 0.1) is 13.2 Å². The van der Waals surface area contributed by atoms with Gasteiger partial charge >= 0.3 is 0 Å². The van der Waals surface area contributed by atoms with Gasteiger partial charge in [0.25, 0.3) is 0 Å². The molecule has 0 unspecified atom stereocenters. The van der Waals surface area contributed by atoms with Crippen LogP contribution in [-0.4, -0.2) is 50.3 Å². The third-order valence-corrected chi connectivity index (χ3v) is 4.57. The molecule has 0 saturated carbocycles. The fraction of sp³-hybridized carbons (Fsp3) is 0.647. The summed E-state index contributed by atoms with van der Waals surface area (Å²) in [6, 6.07) is 4.07. The number of ether oxygens (including phenoxy) is 1. The molecule has 2 aliphatic heterocycles. The number of hydrogen-bond donors (Lipinski definition) is 2. The monoisotopic (exact) mass is 390 g/mol. The Hall–Kier alpha value is -1.08. The summed E-state index contributed by atoms with van der Waals surface area (Å²) in [4.78, 5) is 18.8. The van der Waals surface area contributed by atoms with E-state index in [1.165, 1.54) is 0 Å². The molecule has 3 heterocycles. The Bertz CT molecular complexity index is 504. The van der Waals surface area contributed by atoms with E-state index in [0.29, 0.717) is 18.9 Å². The average Bonchev–Trinajstić information content (AvgIpc) is 2.62. The Morgan fingerprint density at radius 2 is 1.96 bits per heavy atom. The lowest BCUT2D eigenvalue weighted by Gasteiger charge is -2.27. The highest BCUT2D eigenvalue weighted by atomic mass is 35.5. The highest BCUT2D eigenvalue weighted by molar-refractivity contribution is 5.85. The number of nitrogens with one attached hydrogen (secondary N) is 2. The molecular weight excluding hydrogens is 363 g/mol. The lowest BCUT2D eigenvalue weighted by atomic mass is 9.94. The van der Waals surface area contributed by atoms with E-state index in [4.69, 9.17) is 4.74 Å². The van der Waals surface area contributed by atoms with Crippen LogP contribution in [0.2, 0.25) is 0 Å². The molecule has 1 amide bonds. The zero-order valence-corrected chi connectivity index (χ0v) is 16.0. The summed E-state index contributed by atoms with van der Waals surface area (Å²) in [6.45, 7) is 5.92. The number of morpholine rings is 1. The van der Waals surface area contributed by atoms with E-state index in [2.05, 4.69) is 20.5 Å². The molecule has 0 aromatic carbocycles. The molecule has 2 N–H and O–H groups in total. The predicted molar refractivity (Wildman–Crippen MR) is 104 cm³/mol. The molecule has 1 aromatic heterocycles. The molecule has 0 bridgehead atoms. The van der Waals surface area contributed by atoms with Crippen molar-refractivity contribution in [2.45, 2.75) is 25.8 Å². The molecule has 2 aliphatic rings. The predicted octanol–water partition coefficient (Wildman–Crippen LogP) is 1.77. The Morgan fingerprint density at radius 3 is 2.60 bits per heavy atom. The molecule has 8 heteroatoms. The van der Waals surface area contributed by atoms with E-state index < -0.39 is 0 Å². The molecule has 0 spiro atoms. The van der Waals surface area contributed by atoms with Crippen molar-refractivity contribution >= 4 is 36.5 Å². The van der Waals surface area contributed by atoms with Gasteiger partial charge in [-0.05, 0) is 43.5 Å². The second-order valence-corrected chi connectivity index (χ2v) is 6.30. The molecule has 6 nitrogen and oxygen atoms in total. The minimum atomic E-state index is 0. The first kappa shape index (κ1) is 22.0. The Morgan fingerprint density at radius 1 is 1.24 bits per heavy atom. The average molecular weight is 391 g/mol. The molecule has 142 valence electrons. The minimum Gasteiger partial charge on any atom is -0.378 e. The molecule has 0 atom stereocenters. The van der Waals surface area contributed by atoms with Crippen LogP contribution in [0.5, 0.6) is 0 Å². The Labute approximate surface area is 161 Å². The van der Waals surface area contributed by atoms with Gasteiger partial charge in [0.15, 0.2) is 0 Å². The van der Waals surface area contributed by atoms with Crippen LogP contribution in [0.3, 0.4) is 0 Å². The number of carbonyl (C=O) groups excluding carboxylic acids is 1. The second kappa shape index (κ2) is 11.5. The Balaban J connectivity index is 0.00000156. The number of halogens is 2. The fourth-order valence-electron chi connectivity index (χ4n) is 3.12. The van der Waals surface area contributed by atoms with Crippen molar-refractivity contribution in [2.75, 3.05) is 44.3 Å². The van der Waals surface area contributed by atoms with E-state index in [1.807, 2.05) is 18.3 Å². The minimum absolute atomic E-state index is 0. The summed E-state index contributed by atoms with van der Waals surface area (Å²) < 4.78 is 5.35. The maximum absolute atomic E-state index is 12.0. The summed E-state index contributed by atoms with van der Waals surface area (Å²) in [7, 11) is 0. The van der Waals surface area contributed by atoms with Crippen LogP contribution in [0.25, 0.3) is 0 Å². The normalized spacial score (nSPS) is 18.0. The first-order valence-electron chi connectivity index (χ1n) is 8.56. The van der Waals surface area contributed by atoms with Gasteiger partial charge in [0.2, 0.25) is 5.91 Å². The van der Waals surface area contributed by atoms with Crippen LogP contribution < -0.4 is 15.5 Å². The maximum atomic E-state index is 12.0. The first-order chi connectivity index (χ1) is 11.3. The number of hydrogen-bond acceptors (Lipinski definition) is 5. The van der Waals surface area contributed by atoms with Gasteiger partial charge in [-0.25, -0.2) is 4.98 Å². The van der Waals surface area contributed by atoms with Crippen LogP contribution in [0.15, 0.2) is 18.3 Å². The summed E-state index contributed by atoms with van der Waals surface area (Å²) >= 11 is 0. The first-order valence-corrected chi connectivity index (χ1v) is 8.56. The van der Waals surface area contributed by atoms with Gasteiger partial charge in [-0.1, -0.05) is 6.07 Å². The van der Waals surface area contributed by atoms with Crippen LogP contribution in [0, 0.1) is 5.92 Å². The largest absolute Gasteiger partial charge is 0.378 e. The van der Waals surface area contributed by atoms with Crippen molar-refractivity contribution in [2.24, 2.45) is 5.92 Å². The van der Waals surface area contributed by atoms with Crippen molar-refractivity contribution in [1.29, 1.82) is 0 Å². The topological polar surface area (TPSA) is 66.5 Å². The zero-order valence-electron chi connectivity index (χ0n) is 14.4. The van der Waals surface area contributed by atoms with Crippen molar-refractivity contribution in [3.05, 3.63) is 23.9 Å². The van der Waals surface area contributed by atoms with Gasteiger partial charge in [-0.15, -0.1) is 24.8 Å². The zero-order chi connectivity index (χ0) is 15.9. The second-order valence-electron chi connectivity index (χ2n) is 6.30. The number of anilines is 1. The number of nitrogens with zero attached hydrogens (tertiary/aromatic N) is 2. The number of rotatable bonds is 5. The van der Waals surface area contributed by atoms with Gasteiger partial charge in [-0.2, -0.15) is 0 Å². The number of aromatic nitrogens is 1. The molecule has 2 saturated heterocycles. The highest BCUT2D eigenvalue weighted by Crippen LogP contribution is 2.16. The molecule has 2 fully saturated rings. The van der Waals surface area contributed by atoms with Gasteiger partial charge in [0, 0.05) is 32.3 Å². The SMILES string of the molecule is Cl.Cl.O=C(CC1CCNCC1)NCc1ccc(N2CCOCC2)nc1. The van der Waals surface area contributed by atoms with Crippen LogP contribution >= 0.6 is 24.8 Å². The number of carbonyl (C=O) groups is 1. The lowest BCUT2D eigenvalue weighted by Crippen LogP contribution is -2.36. The smallest absolute Gasteiger partial charge is 0.220 e. The van der Waals surface area contributed by atoms with Gasteiger partial charge in [0.1, 0.15) is 5.82 Å². The van der Waals surface area contributed by atoms with E-state index >= 15 is 0 Å². The number of amides is 1. The third-order valence-electron chi connectivity index (χ3n) is 4.57. The highest BCUT2D eigenvalue weighted by Gasteiger charge is 2.16. The third kappa shape index (κ3) is 6.98. The van der Waals surface area contributed by atoms with Crippen molar-refractivity contribution in [3.8, 4) is 0 Å². The van der Waals surface area contributed by atoms with E-state index in [1.54, 1.807) is 0 Å². The molecule has 25 heavy (non-hydrogen) atoms. The summed E-state index contributed by atoms with van der Waals surface area (Å²) in [5.41, 5.74) is 1.04. The van der Waals surface area contributed by atoms with E-state index in [9.17, 15) is 4.79 Å². The van der Waals surface area contributed by atoms with E-state index in [0.717, 1.165) is 63.6 Å². The molecule has 0 radical (unpaired) electrons. The molecule has 1 aromatic rings. The summed E-state index contributed by atoms with van der Waals surface area (Å²) in [5, 5.41) is 6.34. The maximum Gasteiger partial charge on any atom is 0.220 e. The molecular formula is C17H28Cl2N4O2. The molecule has 3 rings (SSSR count). The lowest BCUT2D eigenvalue weighted by molar-refractivity contribution is -0.122. The van der Waals surface area contributed by atoms with Crippen LogP contribution in [0.4, 0.5) is 5.82 Å². The standard InChI is InChI=1S/C17H26N4O2.2ClH/c22-17(11-14-3-5-18-6-4-14)20-13-15-1-2-16(19-12-15)21-7-9-23-10-8-21;;/h1-2,12,14,18H,3-11,13H2,(H,20,22);2*1H.